The minimum atomic E-state index is -4.76. The molecule has 1 heterocycles. The molecule has 0 atom stereocenters. The Balaban J connectivity index is 3.49. The van der Waals surface area contributed by atoms with Crippen LogP contribution in [0.25, 0.3) is 0 Å². The summed E-state index contributed by atoms with van der Waals surface area (Å²) in [6.45, 7) is 0. The van der Waals surface area contributed by atoms with E-state index in [1.807, 2.05) is 0 Å². The zero-order chi connectivity index (χ0) is 11.8. The second-order valence-electron chi connectivity index (χ2n) is 2.56. The molecule has 2 nitrogen and oxygen atoms in total. The van der Waals surface area contributed by atoms with Crippen molar-refractivity contribution in [2.75, 3.05) is 0 Å². The molecule has 15 heavy (non-hydrogen) atoms. The molecule has 0 amide bonds. The summed E-state index contributed by atoms with van der Waals surface area (Å²) in [5.41, 5.74) is -3.62. The van der Waals surface area contributed by atoms with Gasteiger partial charge in [-0.15, -0.1) is 0 Å². The molecule has 0 unspecified atom stereocenters. The monoisotopic (exact) mass is 339 g/mol. The van der Waals surface area contributed by atoms with E-state index in [9.17, 15) is 26.7 Å². The van der Waals surface area contributed by atoms with Crippen LogP contribution in [0.1, 0.15) is 17.6 Å². The summed E-state index contributed by atoms with van der Waals surface area (Å²) in [5.74, 6) is 0. The molecule has 0 radical (unpaired) electrons. The van der Waals surface area contributed by atoms with Crippen molar-refractivity contribution < 1.29 is 22.0 Å². The Kier molecular flexibility index (Phi) is 3.36. The first-order chi connectivity index (χ1) is 6.75. The van der Waals surface area contributed by atoms with E-state index >= 15 is 0 Å². The van der Waals surface area contributed by atoms with E-state index in [0.29, 0.717) is 6.20 Å². The summed E-state index contributed by atoms with van der Waals surface area (Å²) < 4.78 is 60.5. The Labute approximate surface area is 93.6 Å². The van der Waals surface area contributed by atoms with Crippen LogP contribution >= 0.6 is 22.6 Å². The van der Waals surface area contributed by atoms with Gasteiger partial charge in [-0.2, -0.15) is 13.2 Å². The van der Waals surface area contributed by atoms with Crippen LogP contribution in [-0.2, 0) is 6.18 Å². The van der Waals surface area contributed by atoms with Gasteiger partial charge in [-0.05, 0) is 22.6 Å². The number of H-pyrrole nitrogens is 1. The second-order valence-corrected chi connectivity index (χ2v) is 3.64. The Morgan fingerprint density at radius 3 is 2.27 bits per heavy atom. The predicted molar refractivity (Wildman–Crippen MR) is 49.7 cm³/mol. The number of pyridine rings is 1. The van der Waals surface area contributed by atoms with Crippen LogP contribution in [-0.4, -0.2) is 4.98 Å². The average Bonchev–Trinajstić information content (AvgIpc) is 2.00. The minimum absolute atomic E-state index is 0.385. The third kappa shape index (κ3) is 2.47. The number of rotatable bonds is 1. The first-order valence-corrected chi connectivity index (χ1v) is 4.59. The van der Waals surface area contributed by atoms with E-state index in [1.54, 1.807) is 4.98 Å². The maximum Gasteiger partial charge on any atom is 0.418 e. The number of hydrogen-bond acceptors (Lipinski definition) is 1. The predicted octanol–water partition coefficient (Wildman–Crippen LogP) is 2.94. The molecule has 8 heteroatoms. The molecular weight excluding hydrogens is 336 g/mol. The van der Waals surface area contributed by atoms with E-state index in [1.165, 1.54) is 0 Å². The molecule has 0 saturated carbocycles. The molecule has 0 aromatic carbocycles. The maximum absolute atomic E-state index is 12.3. The van der Waals surface area contributed by atoms with E-state index < -0.39 is 32.9 Å². The van der Waals surface area contributed by atoms with Crippen molar-refractivity contribution >= 4 is 22.6 Å². The number of hydrogen-bond donors (Lipinski definition) is 1. The maximum atomic E-state index is 12.3. The van der Waals surface area contributed by atoms with Crippen LogP contribution in [0.4, 0.5) is 22.0 Å². The molecule has 1 rings (SSSR count). The molecule has 1 aromatic heterocycles. The van der Waals surface area contributed by atoms with Gasteiger partial charge >= 0.3 is 6.18 Å². The Morgan fingerprint density at radius 2 is 1.87 bits per heavy atom. The molecule has 0 aliphatic heterocycles. The molecule has 0 bridgehead atoms. The number of aromatic nitrogens is 1. The van der Waals surface area contributed by atoms with Crippen molar-refractivity contribution in [3.63, 3.8) is 0 Å². The first kappa shape index (κ1) is 12.4. The summed E-state index contributed by atoms with van der Waals surface area (Å²) in [5, 5.41) is 0. The molecule has 0 aliphatic carbocycles. The van der Waals surface area contributed by atoms with Crippen molar-refractivity contribution in [2.24, 2.45) is 0 Å². The molecule has 0 fully saturated rings. The van der Waals surface area contributed by atoms with Gasteiger partial charge in [0.05, 0.1) is 11.1 Å². The molecular formula is C7H3F5INO. The fraction of sp³-hybridized carbons (Fsp3) is 0.286. The van der Waals surface area contributed by atoms with Crippen molar-refractivity contribution in [3.05, 3.63) is 31.2 Å². The highest BCUT2D eigenvalue weighted by Crippen LogP contribution is 2.34. The fourth-order valence-corrected chi connectivity index (χ4v) is 1.87. The Bertz CT molecular complexity index is 424. The lowest BCUT2D eigenvalue weighted by molar-refractivity contribution is -0.138. The quantitative estimate of drug-likeness (QED) is 0.619. The number of alkyl halides is 5. The van der Waals surface area contributed by atoms with Crippen molar-refractivity contribution in [3.8, 4) is 0 Å². The van der Waals surface area contributed by atoms with Crippen LogP contribution in [0.2, 0.25) is 0 Å². The van der Waals surface area contributed by atoms with Gasteiger partial charge in [-0.25, -0.2) is 8.78 Å². The number of aromatic amines is 1. The highest BCUT2D eigenvalue weighted by molar-refractivity contribution is 14.1. The largest absolute Gasteiger partial charge is 0.418 e. The minimum Gasteiger partial charge on any atom is -0.328 e. The highest BCUT2D eigenvalue weighted by atomic mass is 127. The second kappa shape index (κ2) is 4.06. The molecule has 0 spiro atoms. The summed E-state index contributed by atoms with van der Waals surface area (Å²) in [6, 6.07) is 0. The number of halogens is 6. The Morgan fingerprint density at radius 1 is 1.33 bits per heavy atom. The summed E-state index contributed by atoms with van der Waals surface area (Å²) in [4.78, 5) is 12.5. The van der Waals surface area contributed by atoms with Gasteiger partial charge in [0, 0.05) is 9.77 Å². The normalized spacial score (nSPS) is 12.2. The van der Waals surface area contributed by atoms with Crippen LogP contribution in [0.15, 0.2) is 11.0 Å². The molecule has 1 N–H and O–H groups in total. The van der Waals surface area contributed by atoms with Crippen molar-refractivity contribution in [2.45, 2.75) is 12.6 Å². The first-order valence-electron chi connectivity index (χ1n) is 3.51. The summed E-state index contributed by atoms with van der Waals surface area (Å²) >= 11 is 1.09. The van der Waals surface area contributed by atoms with Gasteiger partial charge in [-0.1, -0.05) is 0 Å². The lowest BCUT2D eigenvalue weighted by atomic mass is 10.2. The van der Waals surface area contributed by atoms with Gasteiger partial charge in [0.2, 0.25) is 0 Å². The Hall–Kier alpha value is -0.670. The van der Waals surface area contributed by atoms with Gasteiger partial charge in [-0.3, -0.25) is 4.79 Å². The zero-order valence-electron chi connectivity index (χ0n) is 6.83. The van der Waals surface area contributed by atoms with Gasteiger partial charge < -0.3 is 4.98 Å². The van der Waals surface area contributed by atoms with E-state index in [0.717, 1.165) is 22.6 Å². The van der Waals surface area contributed by atoms with Crippen molar-refractivity contribution in [1.29, 1.82) is 0 Å². The van der Waals surface area contributed by atoms with E-state index in [-0.39, 0.29) is 0 Å². The third-order valence-electron chi connectivity index (χ3n) is 1.59. The fourth-order valence-electron chi connectivity index (χ4n) is 0.925. The molecule has 1 aromatic rings. The van der Waals surface area contributed by atoms with Crippen LogP contribution in [0.5, 0.6) is 0 Å². The third-order valence-corrected chi connectivity index (χ3v) is 2.75. The highest BCUT2D eigenvalue weighted by Gasteiger charge is 2.36. The van der Waals surface area contributed by atoms with Gasteiger partial charge in [0.1, 0.15) is 0 Å². The lowest BCUT2D eigenvalue weighted by Gasteiger charge is -2.11. The van der Waals surface area contributed by atoms with Gasteiger partial charge in [0.15, 0.2) is 0 Å². The molecule has 0 saturated heterocycles. The van der Waals surface area contributed by atoms with Crippen LogP contribution in [0.3, 0.4) is 0 Å². The van der Waals surface area contributed by atoms with Crippen LogP contribution < -0.4 is 5.56 Å². The van der Waals surface area contributed by atoms with Crippen LogP contribution in [0, 0.1) is 3.57 Å². The number of nitrogens with one attached hydrogen (secondary N) is 1. The molecule has 0 aliphatic rings. The standard InChI is InChI=1S/C7H3F5INO/c8-5(9)3-4(13)2(7(10,11)12)1-14-6(3)15/h1,5H,(H,14,15). The lowest BCUT2D eigenvalue weighted by Crippen LogP contribution is -2.20. The zero-order valence-corrected chi connectivity index (χ0v) is 8.99. The summed E-state index contributed by atoms with van der Waals surface area (Å²) in [6.07, 6.45) is -7.61. The molecule has 84 valence electrons. The SMILES string of the molecule is O=c1[nH]cc(C(F)(F)F)c(I)c1C(F)F. The van der Waals surface area contributed by atoms with E-state index in [2.05, 4.69) is 0 Å². The smallest absolute Gasteiger partial charge is 0.328 e. The average molecular weight is 339 g/mol. The van der Waals surface area contributed by atoms with Gasteiger partial charge in [0.25, 0.3) is 12.0 Å². The topological polar surface area (TPSA) is 32.9 Å². The van der Waals surface area contributed by atoms with E-state index in [4.69, 9.17) is 0 Å². The summed E-state index contributed by atoms with van der Waals surface area (Å²) in [7, 11) is 0. The van der Waals surface area contributed by atoms with Crippen molar-refractivity contribution in [1.82, 2.24) is 4.98 Å².